The minimum Gasteiger partial charge on any atom is -0.456 e. The molecule has 0 aliphatic heterocycles. The van der Waals surface area contributed by atoms with E-state index in [0.717, 1.165) is 88.1 Å². The first-order valence-electron chi connectivity index (χ1n) is 21.8. The van der Waals surface area contributed by atoms with Gasteiger partial charge in [-0.25, -0.2) is 0 Å². The first-order chi connectivity index (χ1) is 31.7. The predicted octanol–water partition coefficient (Wildman–Crippen LogP) is 17.2. The van der Waals surface area contributed by atoms with Crippen LogP contribution in [0.2, 0.25) is 0 Å². The SMILES string of the molecule is c1ccc(-c2ccc(C(c3ccc(-c4ccccc4)cc3)c3ccc(-c4ccc5c(c4)oc4c(-c6cccc7c6oc6ccccc67)c6c(cc45)oc4ccccc46)cc3)cc2)cc1. The Morgan fingerprint density at radius 1 is 0.266 bits per heavy atom. The first-order valence-corrected chi connectivity index (χ1v) is 21.8. The summed E-state index contributed by atoms with van der Waals surface area (Å²) in [7, 11) is 0. The molecule has 0 spiro atoms. The van der Waals surface area contributed by atoms with E-state index in [0.29, 0.717) is 0 Å². The number of rotatable bonds is 7. The highest BCUT2D eigenvalue weighted by molar-refractivity contribution is 6.26. The van der Waals surface area contributed by atoms with Gasteiger partial charge in [-0.2, -0.15) is 0 Å². The van der Waals surface area contributed by atoms with Crippen molar-refractivity contribution in [3.05, 3.63) is 241 Å². The maximum absolute atomic E-state index is 7.03. The van der Waals surface area contributed by atoms with Gasteiger partial charge in [0.2, 0.25) is 0 Å². The normalized spacial score (nSPS) is 11.9. The Labute approximate surface area is 369 Å². The third-order valence-corrected chi connectivity index (χ3v) is 13.1. The van der Waals surface area contributed by atoms with Crippen LogP contribution in [0.3, 0.4) is 0 Å². The fourth-order valence-electron chi connectivity index (χ4n) is 9.94. The third-order valence-electron chi connectivity index (χ3n) is 13.1. The minimum absolute atomic E-state index is 0.0467. The molecule has 300 valence electrons. The number of para-hydroxylation sites is 3. The van der Waals surface area contributed by atoms with Gasteiger partial charge in [0.1, 0.15) is 33.5 Å². The van der Waals surface area contributed by atoms with Crippen LogP contribution in [0.4, 0.5) is 0 Å². The van der Waals surface area contributed by atoms with Crippen LogP contribution in [0.15, 0.2) is 238 Å². The molecule has 0 saturated heterocycles. The van der Waals surface area contributed by atoms with E-state index in [1.54, 1.807) is 0 Å². The summed E-state index contributed by atoms with van der Waals surface area (Å²) in [5, 5.41) is 6.27. The van der Waals surface area contributed by atoms with E-state index in [-0.39, 0.29) is 5.92 Å². The first kappa shape index (κ1) is 36.3. The standard InChI is InChI=1S/C61H38O3/c1-3-12-38(13-4-1)40-22-28-43(29-23-40)57(44-30-24-41(25-31-44)39-14-5-2-6-15-39)45-32-26-42(27-33-45)46-34-35-48-52-37-56-58(50-17-8-10-21-54(50)62-56)59(61(52)64-55(48)36-46)51-19-11-18-49-47-16-7-9-20-53(47)63-60(49)51/h1-37,57H. The lowest BCUT2D eigenvalue weighted by Crippen LogP contribution is -2.03. The largest absolute Gasteiger partial charge is 0.456 e. The van der Waals surface area contributed by atoms with Crippen molar-refractivity contribution < 1.29 is 13.3 Å². The van der Waals surface area contributed by atoms with Crippen LogP contribution in [0.25, 0.3) is 110 Å². The number of benzene rings is 10. The van der Waals surface area contributed by atoms with Crippen molar-refractivity contribution >= 4 is 65.8 Å². The van der Waals surface area contributed by atoms with E-state index in [4.69, 9.17) is 13.3 Å². The highest BCUT2D eigenvalue weighted by Crippen LogP contribution is 2.48. The van der Waals surface area contributed by atoms with Crippen LogP contribution in [-0.4, -0.2) is 0 Å². The molecule has 0 amide bonds. The summed E-state index contributed by atoms with van der Waals surface area (Å²) in [6, 6.07) is 79.9. The molecule has 3 heterocycles. The summed E-state index contributed by atoms with van der Waals surface area (Å²) in [6.07, 6.45) is 0. The second-order valence-electron chi connectivity index (χ2n) is 16.7. The number of hydrogen-bond donors (Lipinski definition) is 0. The molecule has 0 saturated carbocycles. The van der Waals surface area contributed by atoms with Crippen molar-refractivity contribution in [1.29, 1.82) is 0 Å². The Kier molecular flexibility index (Phi) is 8.28. The van der Waals surface area contributed by atoms with Crippen LogP contribution in [0, 0.1) is 0 Å². The van der Waals surface area contributed by atoms with Gasteiger partial charge in [0.05, 0.1) is 0 Å². The summed E-state index contributed by atoms with van der Waals surface area (Å²) in [6.45, 7) is 0. The molecule has 3 heteroatoms. The fraction of sp³-hybridized carbons (Fsp3) is 0.0164. The van der Waals surface area contributed by atoms with Crippen molar-refractivity contribution in [2.45, 2.75) is 5.92 Å². The molecule has 10 aromatic carbocycles. The molecule has 0 bridgehead atoms. The second kappa shape index (κ2) is 14.6. The van der Waals surface area contributed by atoms with Crippen molar-refractivity contribution in [3.8, 4) is 44.5 Å². The lowest BCUT2D eigenvalue weighted by molar-refractivity contribution is 0.662. The quantitative estimate of drug-likeness (QED) is 0.150. The molecule has 13 rings (SSSR count). The van der Waals surface area contributed by atoms with Gasteiger partial charge >= 0.3 is 0 Å². The Morgan fingerprint density at radius 3 is 1.36 bits per heavy atom. The Hall–Kier alpha value is -8.40. The van der Waals surface area contributed by atoms with Crippen LogP contribution in [0.1, 0.15) is 22.6 Å². The van der Waals surface area contributed by atoms with E-state index < -0.39 is 0 Å². The minimum atomic E-state index is 0.0467. The van der Waals surface area contributed by atoms with Gasteiger partial charge in [-0.1, -0.05) is 194 Å². The molecule has 3 nitrogen and oxygen atoms in total. The number of hydrogen-bond acceptors (Lipinski definition) is 3. The fourth-order valence-corrected chi connectivity index (χ4v) is 9.94. The Balaban J connectivity index is 0.922. The molecule has 0 aliphatic carbocycles. The van der Waals surface area contributed by atoms with Gasteiger partial charge in [0, 0.05) is 49.4 Å². The molecule has 3 aromatic heterocycles. The van der Waals surface area contributed by atoms with Gasteiger partial charge in [0.15, 0.2) is 0 Å². The van der Waals surface area contributed by atoms with Gasteiger partial charge in [-0.3, -0.25) is 0 Å². The van der Waals surface area contributed by atoms with Crippen molar-refractivity contribution in [3.63, 3.8) is 0 Å². The van der Waals surface area contributed by atoms with Crippen LogP contribution in [0.5, 0.6) is 0 Å². The van der Waals surface area contributed by atoms with E-state index in [2.05, 4.69) is 200 Å². The average Bonchev–Trinajstić information content (AvgIpc) is 4.06. The third kappa shape index (κ3) is 5.90. The maximum Gasteiger partial charge on any atom is 0.144 e. The molecule has 13 aromatic rings. The summed E-state index contributed by atoms with van der Waals surface area (Å²) in [4.78, 5) is 0. The number of furan rings is 3. The van der Waals surface area contributed by atoms with E-state index in [1.807, 2.05) is 24.3 Å². The average molecular weight is 819 g/mol. The van der Waals surface area contributed by atoms with Crippen LogP contribution < -0.4 is 0 Å². The van der Waals surface area contributed by atoms with Gasteiger partial charge in [-0.05, 0) is 80.4 Å². The van der Waals surface area contributed by atoms with Crippen molar-refractivity contribution in [2.75, 3.05) is 0 Å². The summed E-state index contributed by atoms with van der Waals surface area (Å²) < 4.78 is 20.2. The highest BCUT2D eigenvalue weighted by Gasteiger charge is 2.24. The zero-order chi connectivity index (χ0) is 42.1. The molecule has 64 heavy (non-hydrogen) atoms. The molecule has 0 N–H and O–H groups in total. The Bertz CT molecular complexity index is 3770. The smallest absolute Gasteiger partial charge is 0.144 e. The molecule has 0 aliphatic rings. The van der Waals surface area contributed by atoms with Gasteiger partial charge in [-0.15, -0.1) is 0 Å². The maximum atomic E-state index is 7.03. The van der Waals surface area contributed by atoms with Gasteiger partial charge < -0.3 is 13.3 Å². The van der Waals surface area contributed by atoms with Gasteiger partial charge in [0.25, 0.3) is 0 Å². The monoisotopic (exact) mass is 818 g/mol. The lowest BCUT2D eigenvalue weighted by atomic mass is 9.83. The van der Waals surface area contributed by atoms with Crippen molar-refractivity contribution in [2.24, 2.45) is 0 Å². The summed E-state index contributed by atoms with van der Waals surface area (Å²) in [5.41, 5.74) is 17.7. The molecule has 0 atom stereocenters. The van der Waals surface area contributed by atoms with E-state index in [9.17, 15) is 0 Å². The molecule has 0 radical (unpaired) electrons. The predicted molar refractivity (Wildman–Crippen MR) is 264 cm³/mol. The molecular formula is C61H38O3. The van der Waals surface area contributed by atoms with E-state index >= 15 is 0 Å². The van der Waals surface area contributed by atoms with Crippen LogP contribution in [-0.2, 0) is 0 Å². The highest BCUT2D eigenvalue weighted by atomic mass is 16.3. The molecule has 0 fully saturated rings. The summed E-state index contributed by atoms with van der Waals surface area (Å²) in [5.74, 6) is 0.0467. The Morgan fingerprint density at radius 2 is 0.734 bits per heavy atom. The lowest BCUT2D eigenvalue weighted by Gasteiger charge is -2.20. The van der Waals surface area contributed by atoms with Crippen LogP contribution >= 0.6 is 0 Å². The number of fused-ring (bicyclic) bond motifs is 9. The molecular weight excluding hydrogens is 781 g/mol. The summed E-state index contributed by atoms with van der Waals surface area (Å²) >= 11 is 0. The second-order valence-corrected chi connectivity index (χ2v) is 16.7. The zero-order valence-electron chi connectivity index (χ0n) is 34.7. The topological polar surface area (TPSA) is 39.4 Å². The zero-order valence-corrected chi connectivity index (χ0v) is 34.7. The molecule has 0 unspecified atom stereocenters. The van der Waals surface area contributed by atoms with E-state index in [1.165, 1.54) is 38.9 Å². The van der Waals surface area contributed by atoms with Crippen molar-refractivity contribution in [1.82, 2.24) is 0 Å².